The predicted molar refractivity (Wildman–Crippen MR) is 87.1 cm³/mol. The Bertz CT molecular complexity index is 576. The standard InChI is InChI=1S/C18H23NO2/c1-13(2)15-4-6-16(7-5-15)20-10-11-21-17-8-9-18(19)14(3)12-17/h4-9,12-13H,10-11,19H2,1-3H3. The maximum Gasteiger partial charge on any atom is 0.122 e. The quantitative estimate of drug-likeness (QED) is 0.640. The number of rotatable bonds is 6. The van der Waals surface area contributed by atoms with Crippen molar-refractivity contribution < 1.29 is 9.47 Å². The first-order chi connectivity index (χ1) is 10.1. The molecule has 0 unspecified atom stereocenters. The van der Waals surface area contributed by atoms with Gasteiger partial charge < -0.3 is 15.2 Å². The molecule has 2 N–H and O–H groups in total. The van der Waals surface area contributed by atoms with Gasteiger partial charge in [-0.3, -0.25) is 0 Å². The molecule has 0 radical (unpaired) electrons. The van der Waals surface area contributed by atoms with E-state index < -0.39 is 0 Å². The highest BCUT2D eigenvalue weighted by atomic mass is 16.5. The van der Waals surface area contributed by atoms with Gasteiger partial charge in [-0.1, -0.05) is 26.0 Å². The number of hydrogen-bond donors (Lipinski definition) is 1. The molecule has 0 saturated heterocycles. The van der Waals surface area contributed by atoms with Gasteiger partial charge in [-0.05, 0) is 54.3 Å². The monoisotopic (exact) mass is 285 g/mol. The smallest absolute Gasteiger partial charge is 0.122 e. The van der Waals surface area contributed by atoms with Crippen molar-refractivity contribution in [3.05, 3.63) is 53.6 Å². The van der Waals surface area contributed by atoms with E-state index in [9.17, 15) is 0 Å². The number of hydrogen-bond acceptors (Lipinski definition) is 3. The van der Waals surface area contributed by atoms with Gasteiger partial charge in [0.25, 0.3) is 0 Å². The highest BCUT2D eigenvalue weighted by Gasteiger charge is 2.00. The van der Waals surface area contributed by atoms with Crippen LogP contribution in [0.25, 0.3) is 0 Å². The van der Waals surface area contributed by atoms with E-state index in [0.29, 0.717) is 19.1 Å². The van der Waals surface area contributed by atoms with E-state index in [1.807, 2.05) is 37.3 Å². The predicted octanol–water partition coefficient (Wildman–Crippen LogP) is 4.16. The van der Waals surface area contributed by atoms with Crippen molar-refractivity contribution in [1.29, 1.82) is 0 Å². The molecule has 21 heavy (non-hydrogen) atoms. The Labute approximate surface area is 126 Å². The van der Waals surface area contributed by atoms with Crippen molar-refractivity contribution in [2.24, 2.45) is 0 Å². The van der Waals surface area contributed by atoms with E-state index >= 15 is 0 Å². The van der Waals surface area contributed by atoms with Crippen LogP contribution in [0.15, 0.2) is 42.5 Å². The molecule has 3 heteroatoms. The molecule has 0 aliphatic rings. The highest BCUT2D eigenvalue weighted by Crippen LogP contribution is 2.20. The summed E-state index contributed by atoms with van der Waals surface area (Å²) < 4.78 is 11.3. The molecule has 2 aromatic rings. The minimum atomic E-state index is 0.509. The molecule has 0 aliphatic heterocycles. The third kappa shape index (κ3) is 4.42. The second-order valence-corrected chi connectivity index (χ2v) is 5.44. The molecule has 0 aromatic heterocycles. The van der Waals surface area contributed by atoms with Gasteiger partial charge in [0.15, 0.2) is 0 Å². The molecular weight excluding hydrogens is 262 g/mol. The maximum absolute atomic E-state index is 5.77. The highest BCUT2D eigenvalue weighted by molar-refractivity contribution is 5.49. The minimum Gasteiger partial charge on any atom is -0.490 e. The van der Waals surface area contributed by atoms with Gasteiger partial charge in [0.05, 0.1) is 0 Å². The van der Waals surface area contributed by atoms with E-state index in [2.05, 4.69) is 26.0 Å². The van der Waals surface area contributed by atoms with Crippen LogP contribution in [-0.2, 0) is 0 Å². The largest absolute Gasteiger partial charge is 0.490 e. The van der Waals surface area contributed by atoms with Crippen LogP contribution in [0.5, 0.6) is 11.5 Å². The fourth-order valence-corrected chi connectivity index (χ4v) is 2.01. The molecule has 0 bridgehead atoms. The van der Waals surface area contributed by atoms with E-state index in [0.717, 1.165) is 22.7 Å². The molecule has 0 saturated carbocycles. The number of nitrogens with two attached hydrogens (primary N) is 1. The maximum atomic E-state index is 5.77. The first-order valence-corrected chi connectivity index (χ1v) is 7.28. The number of benzene rings is 2. The molecule has 0 amide bonds. The zero-order valence-corrected chi connectivity index (χ0v) is 12.9. The fraction of sp³-hybridized carbons (Fsp3) is 0.333. The molecule has 0 aliphatic carbocycles. The molecular formula is C18H23NO2. The number of anilines is 1. The molecule has 0 spiro atoms. The average molecular weight is 285 g/mol. The van der Waals surface area contributed by atoms with Crippen molar-refractivity contribution in [1.82, 2.24) is 0 Å². The number of ether oxygens (including phenoxy) is 2. The molecule has 0 heterocycles. The summed E-state index contributed by atoms with van der Waals surface area (Å²) in [4.78, 5) is 0. The zero-order valence-electron chi connectivity index (χ0n) is 12.9. The van der Waals surface area contributed by atoms with Crippen LogP contribution in [0.1, 0.15) is 30.9 Å². The lowest BCUT2D eigenvalue weighted by Crippen LogP contribution is -2.09. The second kappa shape index (κ2) is 7.02. The lowest BCUT2D eigenvalue weighted by Gasteiger charge is -2.11. The Morgan fingerprint density at radius 2 is 1.48 bits per heavy atom. The Morgan fingerprint density at radius 3 is 2.05 bits per heavy atom. The SMILES string of the molecule is Cc1cc(OCCOc2ccc(C(C)C)cc2)ccc1N. The van der Waals surface area contributed by atoms with E-state index in [-0.39, 0.29) is 0 Å². The van der Waals surface area contributed by atoms with Crippen molar-refractivity contribution >= 4 is 5.69 Å². The van der Waals surface area contributed by atoms with Crippen LogP contribution in [0.4, 0.5) is 5.69 Å². The molecule has 3 nitrogen and oxygen atoms in total. The van der Waals surface area contributed by atoms with Crippen LogP contribution in [0.2, 0.25) is 0 Å². The number of aryl methyl sites for hydroxylation is 1. The topological polar surface area (TPSA) is 44.5 Å². The van der Waals surface area contributed by atoms with E-state index in [1.54, 1.807) is 0 Å². The van der Waals surface area contributed by atoms with Crippen LogP contribution in [0.3, 0.4) is 0 Å². The summed E-state index contributed by atoms with van der Waals surface area (Å²) in [6, 6.07) is 13.9. The molecule has 0 atom stereocenters. The van der Waals surface area contributed by atoms with Gasteiger partial charge in [-0.15, -0.1) is 0 Å². The first-order valence-electron chi connectivity index (χ1n) is 7.28. The van der Waals surface area contributed by atoms with Crippen molar-refractivity contribution in [3.8, 4) is 11.5 Å². The molecule has 2 aromatic carbocycles. The van der Waals surface area contributed by atoms with Gasteiger partial charge in [-0.25, -0.2) is 0 Å². The average Bonchev–Trinajstić information content (AvgIpc) is 2.47. The Hall–Kier alpha value is -2.16. The lowest BCUT2D eigenvalue weighted by atomic mass is 10.0. The van der Waals surface area contributed by atoms with Crippen molar-refractivity contribution in [2.45, 2.75) is 26.7 Å². The Balaban J connectivity index is 1.77. The summed E-state index contributed by atoms with van der Waals surface area (Å²) >= 11 is 0. The summed E-state index contributed by atoms with van der Waals surface area (Å²) in [6.45, 7) is 7.35. The minimum absolute atomic E-state index is 0.509. The van der Waals surface area contributed by atoms with Gasteiger partial charge in [0, 0.05) is 5.69 Å². The van der Waals surface area contributed by atoms with Crippen molar-refractivity contribution in [2.75, 3.05) is 18.9 Å². The third-order valence-corrected chi connectivity index (χ3v) is 3.41. The summed E-state index contributed by atoms with van der Waals surface area (Å²) in [5, 5.41) is 0. The lowest BCUT2D eigenvalue weighted by molar-refractivity contribution is 0.217. The second-order valence-electron chi connectivity index (χ2n) is 5.44. The van der Waals surface area contributed by atoms with E-state index in [4.69, 9.17) is 15.2 Å². The van der Waals surface area contributed by atoms with Gasteiger partial charge in [0.1, 0.15) is 24.7 Å². The third-order valence-electron chi connectivity index (χ3n) is 3.41. The van der Waals surface area contributed by atoms with Crippen molar-refractivity contribution in [3.63, 3.8) is 0 Å². The van der Waals surface area contributed by atoms with Gasteiger partial charge in [-0.2, -0.15) is 0 Å². The van der Waals surface area contributed by atoms with E-state index in [1.165, 1.54) is 5.56 Å². The van der Waals surface area contributed by atoms with Crippen LogP contribution in [0, 0.1) is 6.92 Å². The van der Waals surface area contributed by atoms with Crippen LogP contribution < -0.4 is 15.2 Å². The Kier molecular flexibility index (Phi) is 5.09. The normalized spacial score (nSPS) is 10.7. The molecule has 0 fully saturated rings. The fourth-order valence-electron chi connectivity index (χ4n) is 2.01. The molecule has 2 rings (SSSR count). The zero-order chi connectivity index (χ0) is 15.2. The first kappa shape index (κ1) is 15.2. The van der Waals surface area contributed by atoms with Crippen LogP contribution >= 0.6 is 0 Å². The Morgan fingerprint density at radius 1 is 0.905 bits per heavy atom. The summed E-state index contributed by atoms with van der Waals surface area (Å²) in [7, 11) is 0. The van der Waals surface area contributed by atoms with Gasteiger partial charge >= 0.3 is 0 Å². The summed E-state index contributed by atoms with van der Waals surface area (Å²) in [6.07, 6.45) is 0. The molecule has 112 valence electrons. The summed E-state index contributed by atoms with van der Waals surface area (Å²) in [5.41, 5.74) is 8.90. The summed E-state index contributed by atoms with van der Waals surface area (Å²) in [5.74, 6) is 2.23. The van der Waals surface area contributed by atoms with Crippen LogP contribution in [-0.4, -0.2) is 13.2 Å². The number of nitrogen functional groups attached to an aromatic ring is 1. The van der Waals surface area contributed by atoms with Gasteiger partial charge in [0.2, 0.25) is 0 Å².